The highest BCUT2D eigenvalue weighted by Crippen LogP contribution is 2.52. The standard InChI is InChI=1S/C20H24N2O3/c1-12-5-6-14(9-13(12)2)10-22-11-20-8-7-15(25-20)16(17(20)19(22)24)18(23)21(3)4/h5-9,15-17H,10-11H2,1-4H3/t15-,16-,17-,20-/m0/s1. The van der Waals surface area contributed by atoms with Crippen molar-refractivity contribution in [2.24, 2.45) is 11.8 Å². The number of hydrogen-bond donors (Lipinski definition) is 0. The van der Waals surface area contributed by atoms with Crippen LogP contribution >= 0.6 is 0 Å². The van der Waals surface area contributed by atoms with Gasteiger partial charge in [0.2, 0.25) is 11.8 Å². The Morgan fingerprint density at radius 3 is 2.76 bits per heavy atom. The molecule has 3 aliphatic rings. The van der Waals surface area contributed by atoms with Gasteiger partial charge in [-0.1, -0.05) is 30.4 Å². The molecule has 132 valence electrons. The molecule has 5 heteroatoms. The van der Waals surface area contributed by atoms with E-state index in [9.17, 15) is 9.59 Å². The van der Waals surface area contributed by atoms with Gasteiger partial charge >= 0.3 is 0 Å². The average molecular weight is 340 g/mol. The van der Waals surface area contributed by atoms with Crippen LogP contribution in [-0.2, 0) is 20.9 Å². The topological polar surface area (TPSA) is 49.9 Å². The first-order valence-corrected chi connectivity index (χ1v) is 8.76. The van der Waals surface area contributed by atoms with Gasteiger partial charge in [0.05, 0.1) is 24.5 Å². The number of rotatable bonds is 3. The molecule has 2 saturated heterocycles. The highest BCUT2D eigenvalue weighted by Gasteiger charge is 2.66. The first-order chi connectivity index (χ1) is 11.8. The molecule has 4 atom stereocenters. The Balaban J connectivity index is 1.61. The van der Waals surface area contributed by atoms with E-state index >= 15 is 0 Å². The minimum Gasteiger partial charge on any atom is -0.360 e. The Labute approximate surface area is 148 Å². The van der Waals surface area contributed by atoms with Crippen LogP contribution in [-0.4, -0.2) is 54.0 Å². The minimum atomic E-state index is -0.627. The van der Waals surface area contributed by atoms with Crippen LogP contribution in [0, 0.1) is 25.7 Å². The average Bonchev–Trinajstić information content (AvgIpc) is 3.19. The van der Waals surface area contributed by atoms with Gasteiger partial charge in [0.15, 0.2) is 0 Å². The predicted octanol–water partition coefficient (Wildman–Crippen LogP) is 1.67. The molecule has 0 aromatic heterocycles. The molecule has 0 radical (unpaired) electrons. The molecule has 4 rings (SSSR count). The van der Waals surface area contributed by atoms with Crippen molar-refractivity contribution in [1.29, 1.82) is 0 Å². The summed E-state index contributed by atoms with van der Waals surface area (Å²) in [5.74, 6) is -0.797. The van der Waals surface area contributed by atoms with Crippen LogP contribution in [0.15, 0.2) is 30.4 Å². The summed E-state index contributed by atoms with van der Waals surface area (Å²) in [6.07, 6.45) is 3.68. The summed E-state index contributed by atoms with van der Waals surface area (Å²) >= 11 is 0. The largest absolute Gasteiger partial charge is 0.360 e. The lowest BCUT2D eigenvalue weighted by molar-refractivity contribution is -0.141. The van der Waals surface area contributed by atoms with Crippen molar-refractivity contribution in [1.82, 2.24) is 9.80 Å². The van der Waals surface area contributed by atoms with E-state index in [1.165, 1.54) is 11.1 Å². The Bertz CT molecular complexity index is 785. The third-order valence-corrected chi connectivity index (χ3v) is 5.85. The molecular formula is C20H24N2O3. The number of carbonyl (C=O) groups is 2. The minimum absolute atomic E-state index is 0.0254. The lowest BCUT2D eigenvalue weighted by atomic mass is 9.76. The molecule has 1 aromatic rings. The summed E-state index contributed by atoms with van der Waals surface area (Å²) in [6.45, 7) is 5.24. The van der Waals surface area contributed by atoms with Gasteiger partial charge < -0.3 is 14.5 Å². The molecule has 0 unspecified atom stereocenters. The molecule has 0 aliphatic carbocycles. The molecule has 3 aliphatic heterocycles. The van der Waals surface area contributed by atoms with E-state index < -0.39 is 17.4 Å². The van der Waals surface area contributed by atoms with Crippen molar-refractivity contribution in [3.63, 3.8) is 0 Å². The maximum atomic E-state index is 13.1. The lowest BCUT2D eigenvalue weighted by Crippen LogP contribution is -2.43. The molecule has 2 fully saturated rings. The zero-order chi connectivity index (χ0) is 17.9. The summed E-state index contributed by atoms with van der Waals surface area (Å²) < 4.78 is 6.13. The second kappa shape index (κ2) is 5.43. The van der Waals surface area contributed by atoms with E-state index in [-0.39, 0.29) is 17.9 Å². The first kappa shape index (κ1) is 16.3. The van der Waals surface area contributed by atoms with Crippen LogP contribution < -0.4 is 0 Å². The molecule has 1 aromatic carbocycles. The number of ether oxygens (including phenoxy) is 1. The number of carbonyl (C=O) groups excluding carboxylic acids is 2. The van der Waals surface area contributed by atoms with E-state index in [0.29, 0.717) is 13.1 Å². The maximum absolute atomic E-state index is 13.1. The highest BCUT2D eigenvalue weighted by atomic mass is 16.5. The summed E-state index contributed by atoms with van der Waals surface area (Å²) in [5.41, 5.74) is 2.95. The number of nitrogens with zero attached hydrogens (tertiary/aromatic N) is 2. The summed E-state index contributed by atoms with van der Waals surface area (Å²) in [5, 5.41) is 0. The molecule has 3 heterocycles. The van der Waals surface area contributed by atoms with E-state index in [1.54, 1.807) is 19.0 Å². The fourth-order valence-corrected chi connectivity index (χ4v) is 4.41. The second-order valence-electron chi connectivity index (χ2n) is 7.75. The zero-order valence-corrected chi connectivity index (χ0v) is 15.2. The van der Waals surface area contributed by atoms with Crippen molar-refractivity contribution in [2.45, 2.75) is 32.1 Å². The van der Waals surface area contributed by atoms with Crippen molar-refractivity contribution < 1.29 is 14.3 Å². The molecule has 1 spiro atoms. The summed E-state index contributed by atoms with van der Waals surface area (Å²) in [7, 11) is 3.47. The van der Waals surface area contributed by atoms with Gasteiger partial charge in [-0.3, -0.25) is 9.59 Å². The van der Waals surface area contributed by atoms with Crippen molar-refractivity contribution >= 4 is 11.8 Å². The van der Waals surface area contributed by atoms with E-state index in [0.717, 1.165) is 5.56 Å². The van der Waals surface area contributed by atoms with Crippen LogP contribution in [0.25, 0.3) is 0 Å². The SMILES string of the molecule is Cc1ccc(CN2C[C@]34C=C[C@H](O3)[C@H](C(=O)N(C)C)[C@H]4C2=O)cc1C. The number of aryl methyl sites for hydroxylation is 2. The second-order valence-corrected chi connectivity index (χ2v) is 7.75. The van der Waals surface area contributed by atoms with Crippen LogP contribution in [0.2, 0.25) is 0 Å². The molecule has 0 saturated carbocycles. The predicted molar refractivity (Wildman–Crippen MR) is 93.8 cm³/mol. The summed E-state index contributed by atoms with van der Waals surface area (Å²) in [6, 6.07) is 6.29. The number of fused-ring (bicyclic) bond motifs is 1. The maximum Gasteiger partial charge on any atom is 0.230 e. The van der Waals surface area contributed by atoms with Gasteiger partial charge in [-0.2, -0.15) is 0 Å². The van der Waals surface area contributed by atoms with Crippen molar-refractivity contribution in [3.05, 3.63) is 47.0 Å². The lowest BCUT2D eigenvalue weighted by Gasteiger charge is -2.25. The normalized spacial score (nSPS) is 32.4. The smallest absolute Gasteiger partial charge is 0.230 e. The Morgan fingerprint density at radius 1 is 1.32 bits per heavy atom. The Hall–Kier alpha value is -2.14. The van der Waals surface area contributed by atoms with Gasteiger partial charge in [0, 0.05) is 20.6 Å². The van der Waals surface area contributed by atoms with Crippen LogP contribution in [0.5, 0.6) is 0 Å². The van der Waals surface area contributed by atoms with Gasteiger partial charge in [-0.25, -0.2) is 0 Å². The Morgan fingerprint density at radius 2 is 2.08 bits per heavy atom. The number of likely N-dealkylation sites (tertiary alicyclic amines) is 1. The van der Waals surface area contributed by atoms with Gasteiger partial charge in [0.1, 0.15) is 5.60 Å². The number of amides is 2. The molecule has 0 N–H and O–H groups in total. The van der Waals surface area contributed by atoms with E-state index in [1.807, 2.05) is 17.1 Å². The van der Waals surface area contributed by atoms with Gasteiger partial charge in [-0.15, -0.1) is 0 Å². The fourth-order valence-electron chi connectivity index (χ4n) is 4.41. The number of hydrogen-bond acceptors (Lipinski definition) is 3. The fraction of sp³-hybridized carbons (Fsp3) is 0.500. The van der Waals surface area contributed by atoms with Crippen molar-refractivity contribution in [3.8, 4) is 0 Å². The van der Waals surface area contributed by atoms with E-state index in [4.69, 9.17) is 4.74 Å². The quantitative estimate of drug-likeness (QED) is 0.787. The summed E-state index contributed by atoms with van der Waals surface area (Å²) in [4.78, 5) is 29.1. The van der Waals surface area contributed by atoms with Gasteiger partial charge in [0.25, 0.3) is 0 Å². The zero-order valence-electron chi connectivity index (χ0n) is 15.2. The van der Waals surface area contributed by atoms with Crippen LogP contribution in [0.4, 0.5) is 0 Å². The van der Waals surface area contributed by atoms with Crippen molar-refractivity contribution in [2.75, 3.05) is 20.6 Å². The monoisotopic (exact) mass is 340 g/mol. The van der Waals surface area contributed by atoms with Crippen LogP contribution in [0.3, 0.4) is 0 Å². The molecule has 25 heavy (non-hydrogen) atoms. The molecule has 2 bridgehead atoms. The third-order valence-electron chi connectivity index (χ3n) is 5.85. The number of benzene rings is 1. The highest BCUT2D eigenvalue weighted by molar-refractivity contribution is 5.92. The third kappa shape index (κ3) is 2.33. The van der Waals surface area contributed by atoms with E-state index in [2.05, 4.69) is 32.0 Å². The molecule has 5 nitrogen and oxygen atoms in total. The van der Waals surface area contributed by atoms with Crippen LogP contribution in [0.1, 0.15) is 16.7 Å². The first-order valence-electron chi connectivity index (χ1n) is 8.76. The molecule has 2 amide bonds. The Kier molecular flexibility index (Phi) is 3.55. The van der Waals surface area contributed by atoms with Gasteiger partial charge in [-0.05, 0) is 30.5 Å². The molecular weight excluding hydrogens is 316 g/mol.